The van der Waals surface area contributed by atoms with Gasteiger partial charge in [0.15, 0.2) is 22.5 Å². The minimum Gasteiger partial charge on any atom is -0.448 e. The molecule has 246 valence electrons. The van der Waals surface area contributed by atoms with Crippen LogP contribution in [0.4, 0.5) is 5.13 Å². The standard InChI is InChI=1S/C30H28ClN5O10S/c1-43-35-23(20-15-47-28(32-20)33-21(38)14-31)25(40)34-29(16-37)17-44-36(26(29)41)30(13-12-22(39)46-30)27(42)45-24(18-8-4-2-5-9-18)19-10-6-3-7-11-19/h2-11,15,24,37H,12-14,16-17H2,1H3,(H,34,40)(H,32,33,38). The molecule has 47 heavy (non-hydrogen) atoms. The first kappa shape index (κ1) is 33.5. The highest BCUT2D eigenvalue weighted by atomic mass is 35.5. The van der Waals surface area contributed by atoms with Gasteiger partial charge in [0.1, 0.15) is 25.3 Å². The second kappa shape index (κ2) is 14.3. The molecule has 2 atom stereocenters. The third-order valence-corrected chi connectivity index (χ3v) is 8.20. The van der Waals surface area contributed by atoms with Crippen LogP contribution in [0.2, 0.25) is 0 Å². The van der Waals surface area contributed by atoms with Crippen molar-refractivity contribution in [2.45, 2.75) is 30.2 Å². The van der Waals surface area contributed by atoms with Crippen LogP contribution in [0.3, 0.4) is 0 Å². The molecule has 2 unspecified atom stereocenters. The van der Waals surface area contributed by atoms with Crippen LogP contribution in [0, 0.1) is 0 Å². The van der Waals surface area contributed by atoms with Gasteiger partial charge in [-0.2, -0.15) is 5.06 Å². The predicted octanol–water partition coefficient (Wildman–Crippen LogP) is 1.66. The van der Waals surface area contributed by atoms with E-state index in [0.717, 1.165) is 11.3 Å². The number of amides is 3. The van der Waals surface area contributed by atoms with Gasteiger partial charge in [0.2, 0.25) is 5.91 Å². The number of benzene rings is 2. The molecule has 0 radical (unpaired) electrons. The van der Waals surface area contributed by atoms with Gasteiger partial charge in [-0.3, -0.25) is 24.0 Å². The number of carbonyl (C=O) groups excluding carboxylic acids is 5. The van der Waals surface area contributed by atoms with E-state index in [1.54, 1.807) is 60.7 Å². The lowest BCUT2D eigenvalue weighted by Gasteiger charge is -2.34. The third-order valence-electron chi connectivity index (χ3n) is 7.20. The Morgan fingerprint density at radius 3 is 2.34 bits per heavy atom. The van der Waals surface area contributed by atoms with E-state index in [-0.39, 0.29) is 29.5 Å². The molecule has 2 aliphatic rings. The molecule has 2 fully saturated rings. The molecule has 3 N–H and O–H groups in total. The Morgan fingerprint density at radius 1 is 1.13 bits per heavy atom. The Labute approximate surface area is 276 Å². The van der Waals surface area contributed by atoms with Gasteiger partial charge >= 0.3 is 17.7 Å². The van der Waals surface area contributed by atoms with E-state index in [1.165, 1.54) is 12.5 Å². The number of alkyl halides is 1. The number of aromatic nitrogens is 1. The molecular weight excluding hydrogens is 658 g/mol. The number of aliphatic hydroxyl groups excluding tert-OH is 1. The molecule has 3 amide bonds. The number of oxime groups is 1. The van der Waals surface area contributed by atoms with Crippen molar-refractivity contribution in [2.24, 2.45) is 5.16 Å². The van der Waals surface area contributed by atoms with Crippen LogP contribution in [-0.2, 0) is 43.1 Å². The highest BCUT2D eigenvalue weighted by Crippen LogP contribution is 2.39. The number of hydroxylamine groups is 2. The van der Waals surface area contributed by atoms with Gasteiger partial charge in [-0.15, -0.1) is 22.9 Å². The number of hydrogen-bond donors (Lipinski definition) is 3. The fraction of sp³-hybridized carbons (Fsp3) is 0.300. The molecule has 0 spiro atoms. The van der Waals surface area contributed by atoms with E-state index in [9.17, 15) is 29.1 Å². The van der Waals surface area contributed by atoms with Crippen LogP contribution in [0.25, 0.3) is 0 Å². The lowest BCUT2D eigenvalue weighted by molar-refractivity contribution is -0.260. The molecule has 3 heterocycles. The summed E-state index contributed by atoms with van der Waals surface area (Å²) in [5.74, 6) is -4.88. The Bertz CT molecular complexity index is 1650. The first-order valence-corrected chi connectivity index (χ1v) is 15.4. The van der Waals surface area contributed by atoms with Crippen LogP contribution >= 0.6 is 22.9 Å². The maximum Gasteiger partial charge on any atom is 0.376 e. The molecule has 0 saturated carbocycles. The summed E-state index contributed by atoms with van der Waals surface area (Å²) in [6.07, 6.45) is -1.53. The number of ether oxygens (including phenoxy) is 2. The lowest BCUT2D eigenvalue weighted by atomic mass is 9.99. The van der Waals surface area contributed by atoms with Crippen molar-refractivity contribution in [3.05, 3.63) is 82.9 Å². The van der Waals surface area contributed by atoms with E-state index < -0.39 is 66.0 Å². The minimum atomic E-state index is -2.37. The summed E-state index contributed by atoms with van der Waals surface area (Å²) in [5, 5.41) is 21.0. The topological polar surface area (TPSA) is 195 Å². The second-order valence-electron chi connectivity index (χ2n) is 10.3. The van der Waals surface area contributed by atoms with Gasteiger partial charge in [-0.25, -0.2) is 9.78 Å². The van der Waals surface area contributed by atoms with E-state index in [1.807, 2.05) is 0 Å². The van der Waals surface area contributed by atoms with Gasteiger partial charge in [0.05, 0.1) is 13.0 Å². The van der Waals surface area contributed by atoms with Crippen molar-refractivity contribution in [1.82, 2.24) is 15.4 Å². The Hall–Kier alpha value is -4.90. The summed E-state index contributed by atoms with van der Waals surface area (Å²) in [5.41, 5.74) is -3.76. The number of carbonyl (C=O) groups is 5. The highest BCUT2D eigenvalue weighted by molar-refractivity contribution is 7.14. The molecule has 0 bridgehead atoms. The number of anilines is 1. The van der Waals surface area contributed by atoms with Crippen LogP contribution in [0.5, 0.6) is 0 Å². The van der Waals surface area contributed by atoms with Crippen LogP contribution in [0.15, 0.2) is 71.2 Å². The lowest BCUT2D eigenvalue weighted by Crippen LogP contribution is -2.63. The van der Waals surface area contributed by atoms with E-state index in [0.29, 0.717) is 16.2 Å². The van der Waals surface area contributed by atoms with Gasteiger partial charge in [-0.1, -0.05) is 65.8 Å². The number of thiazole rings is 1. The van der Waals surface area contributed by atoms with E-state index >= 15 is 0 Å². The molecule has 5 rings (SSSR count). The van der Waals surface area contributed by atoms with Crippen molar-refractivity contribution in [3.63, 3.8) is 0 Å². The molecule has 3 aromatic rings. The van der Waals surface area contributed by atoms with Crippen molar-refractivity contribution < 1.29 is 48.2 Å². The number of hydrogen-bond acceptors (Lipinski definition) is 13. The molecule has 17 heteroatoms. The van der Waals surface area contributed by atoms with E-state index in [2.05, 4.69) is 20.8 Å². The maximum atomic E-state index is 14.0. The van der Waals surface area contributed by atoms with Gasteiger partial charge in [-0.05, 0) is 11.1 Å². The monoisotopic (exact) mass is 685 g/mol. The summed E-state index contributed by atoms with van der Waals surface area (Å²) in [6, 6.07) is 17.6. The summed E-state index contributed by atoms with van der Waals surface area (Å²) in [6.45, 7) is -1.64. The van der Waals surface area contributed by atoms with Crippen molar-refractivity contribution in [3.8, 4) is 0 Å². The number of halogens is 1. The Kier molecular flexibility index (Phi) is 10.1. The van der Waals surface area contributed by atoms with Gasteiger partial charge in [0, 0.05) is 11.8 Å². The summed E-state index contributed by atoms with van der Waals surface area (Å²) < 4.78 is 11.4. The first-order valence-electron chi connectivity index (χ1n) is 14.0. The molecule has 2 saturated heterocycles. The molecule has 15 nitrogen and oxygen atoms in total. The Morgan fingerprint density at radius 2 is 1.79 bits per heavy atom. The zero-order chi connectivity index (χ0) is 33.6. The van der Waals surface area contributed by atoms with Crippen LogP contribution < -0.4 is 10.6 Å². The normalized spacial score (nSPS) is 21.0. The maximum absolute atomic E-state index is 14.0. The average Bonchev–Trinajstić information content (AvgIpc) is 3.81. The molecular formula is C30H28ClN5O10S. The number of nitrogens with zero attached hydrogens (tertiary/aromatic N) is 3. The number of cyclic esters (lactones) is 1. The molecule has 1 aromatic heterocycles. The van der Waals surface area contributed by atoms with Crippen molar-refractivity contribution in [2.75, 3.05) is 31.5 Å². The third kappa shape index (κ3) is 6.80. The largest absolute Gasteiger partial charge is 0.448 e. The molecule has 0 aliphatic carbocycles. The smallest absolute Gasteiger partial charge is 0.376 e. The zero-order valence-corrected chi connectivity index (χ0v) is 26.3. The Balaban J connectivity index is 1.41. The van der Waals surface area contributed by atoms with Crippen LogP contribution in [-0.4, -0.2) is 88.0 Å². The van der Waals surface area contributed by atoms with Crippen LogP contribution in [0.1, 0.15) is 35.8 Å². The summed E-state index contributed by atoms with van der Waals surface area (Å²) in [4.78, 5) is 80.1. The highest BCUT2D eigenvalue weighted by Gasteiger charge is 2.64. The minimum absolute atomic E-state index is 0.0341. The molecule has 2 aliphatic heterocycles. The van der Waals surface area contributed by atoms with Crippen molar-refractivity contribution >= 4 is 63.4 Å². The number of nitrogens with one attached hydrogen (secondary N) is 2. The van der Waals surface area contributed by atoms with Gasteiger partial charge < -0.3 is 30.1 Å². The SMILES string of the molecule is CON=C(C(=O)NC1(CO)CON(C2(C(=O)OC(c3ccccc3)c3ccccc3)CCC(=O)O2)C1=O)c1csc(NC(=O)CCl)n1. The first-order chi connectivity index (χ1) is 22.7. The number of aliphatic hydroxyl groups is 1. The van der Waals surface area contributed by atoms with Gasteiger partial charge in [0.25, 0.3) is 11.8 Å². The number of rotatable bonds is 12. The fourth-order valence-corrected chi connectivity index (χ4v) is 5.66. The second-order valence-corrected chi connectivity index (χ2v) is 11.4. The molecule has 2 aromatic carbocycles. The fourth-order valence-electron chi connectivity index (χ4n) is 4.88. The quantitative estimate of drug-likeness (QED) is 0.109. The zero-order valence-electron chi connectivity index (χ0n) is 24.7. The predicted molar refractivity (Wildman–Crippen MR) is 165 cm³/mol. The summed E-state index contributed by atoms with van der Waals surface area (Å²) >= 11 is 6.48. The van der Waals surface area contributed by atoms with E-state index in [4.69, 9.17) is 30.7 Å². The average molecular weight is 686 g/mol. The summed E-state index contributed by atoms with van der Waals surface area (Å²) in [7, 11) is 1.17. The number of esters is 2. The van der Waals surface area contributed by atoms with Crippen molar-refractivity contribution in [1.29, 1.82) is 0 Å².